The fraction of sp³-hybridized carbons (Fsp3) is 0.333. The summed E-state index contributed by atoms with van der Waals surface area (Å²) in [7, 11) is 0. The highest BCUT2D eigenvalue weighted by molar-refractivity contribution is 6.22. The van der Waals surface area contributed by atoms with Crippen molar-refractivity contribution in [3.63, 3.8) is 0 Å². The van der Waals surface area contributed by atoms with Crippen LogP contribution in [0.4, 0.5) is 11.4 Å². The van der Waals surface area contributed by atoms with Crippen LogP contribution in [0.3, 0.4) is 0 Å². The number of benzene rings is 1. The van der Waals surface area contributed by atoms with Crippen LogP contribution in [0.25, 0.3) is 0 Å². The van der Waals surface area contributed by atoms with Crippen molar-refractivity contribution in [2.75, 3.05) is 4.90 Å². The van der Waals surface area contributed by atoms with E-state index in [9.17, 15) is 19.7 Å². The van der Waals surface area contributed by atoms with Gasteiger partial charge in [0.25, 0.3) is 5.69 Å². The average molecular weight is 284 g/mol. The zero-order valence-corrected chi connectivity index (χ0v) is 11.0. The Bertz CT molecular complexity index is 664. The molecule has 106 valence electrons. The average Bonchev–Trinajstić information content (AvgIpc) is 3.13. The largest absolute Gasteiger partial charge is 0.274 e. The third-order valence-electron chi connectivity index (χ3n) is 4.79. The van der Waals surface area contributed by atoms with Crippen molar-refractivity contribution in [1.82, 2.24) is 0 Å². The summed E-state index contributed by atoms with van der Waals surface area (Å²) >= 11 is 0. The molecule has 1 heterocycles. The van der Waals surface area contributed by atoms with E-state index in [0.717, 1.165) is 6.42 Å². The quantitative estimate of drug-likeness (QED) is 0.359. The number of hydrogen-bond donors (Lipinski definition) is 0. The lowest BCUT2D eigenvalue weighted by Gasteiger charge is -2.16. The maximum absolute atomic E-state index is 12.5. The Morgan fingerprint density at radius 2 is 1.52 bits per heavy atom. The van der Waals surface area contributed by atoms with Crippen molar-refractivity contribution in [2.45, 2.75) is 6.42 Å². The summed E-state index contributed by atoms with van der Waals surface area (Å²) in [6.45, 7) is 0. The number of non-ortho nitro benzene ring substituents is 1. The predicted molar refractivity (Wildman–Crippen MR) is 73.3 cm³/mol. The third kappa shape index (κ3) is 1.53. The van der Waals surface area contributed by atoms with Crippen molar-refractivity contribution in [2.24, 2.45) is 23.7 Å². The van der Waals surface area contributed by atoms with Gasteiger partial charge in [0.15, 0.2) is 0 Å². The molecule has 0 spiro atoms. The predicted octanol–water partition coefficient (Wildman–Crippen LogP) is 1.91. The summed E-state index contributed by atoms with van der Waals surface area (Å²) in [6.07, 6.45) is 4.97. The first-order valence-electron chi connectivity index (χ1n) is 6.88. The van der Waals surface area contributed by atoms with Gasteiger partial charge in [0.05, 0.1) is 22.4 Å². The van der Waals surface area contributed by atoms with Gasteiger partial charge < -0.3 is 0 Å². The maximum Gasteiger partial charge on any atom is 0.269 e. The van der Waals surface area contributed by atoms with Crippen molar-refractivity contribution in [1.29, 1.82) is 0 Å². The Hall–Kier alpha value is -2.50. The zero-order chi connectivity index (χ0) is 14.7. The molecule has 1 aromatic carbocycles. The highest BCUT2D eigenvalue weighted by atomic mass is 16.6. The van der Waals surface area contributed by atoms with E-state index in [0.29, 0.717) is 5.69 Å². The van der Waals surface area contributed by atoms with Crippen LogP contribution in [0.15, 0.2) is 36.4 Å². The van der Waals surface area contributed by atoms with E-state index in [1.54, 1.807) is 0 Å². The van der Waals surface area contributed by atoms with Crippen LogP contribution in [0.2, 0.25) is 0 Å². The van der Waals surface area contributed by atoms with Crippen LogP contribution in [-0.4, -0.2) is 16.7 Å². The second-order valence-electron chi connectivity index (χ2n) is 5.79. The molecule has 2 fully saturated rings. The molecule has 21 heavy (non-hydrogen) atoms. The number of fused-ring (bicyclic) bond motifs is 5. The number of hydrogen-bond acceptors (Lipinski definition) is 4. The van der Waals surface area contributed by atoms with Gasteiger partial charge in [-0.2, -0.15) is 0 Å². The van der Waals surface area contributed by atoms with E-state index in [-0.39, 0.29) is 41.2 Å². The second kappa shape index (κ2) is 4.00. The molecule has 1 saturated heterocycles. The zero-order valence-electron chi connectivity index (χ0n) is 11.0. The minimum atomic E-state index is -0.504. The van der Waals surface area contributed by atoms with Crippen LogP contribution in [0, 0.1) is 33.8 Å². The van der Waals surface area contributed by atoms with Gasteiger partial charge in [0.1, 0.15) is 0 Å². The van der Waals surface area contributed by atoms with Gasteiger partial charge >= 0.3 is 0 Å². The number of rotatable bonds is 2. The first kappa shape index (κ1) is 12.3. The van der Waals surface area contributed by atoms with Gasteiger partial charge in [-0.3, -0.25) is 24.6 Å². The van der Waals surface area contributed by atoms with Crippen molar-refractivity contribution >= 4 is 23.2 Å². The number of nitro benzene ring substituents is 1. The summed E-state index contributed by atoms with van der Waals surface area (Å²) in [6, 6.07) is 5.56. The van der Waals surface area contributed by atoms with Crippen LogP contribution < -0.4 is 4.90 Å². The number of carbonyl (C=O) groups excluding carboxylic acids is 2. The van der Waals surface area contributed by atoms with E-state index in [4.69, 9.17) is 0 Å². The Morgan fingerprint density at radius 1 is 1.00 bits per heavy atom. The summed E-state index contributed by atoms with van der Waals surface area (Å²) in [5.74, 6) is -0.504. The molecule has 1 aromatic rings. The van der Waals surface area contributed by atoms with Crippen LogP contribution >= 0.6 is 0 Å². The summed E-state index contributed by atoms with van der Waals surface area (Å²) in [5, 5.41) is 10.7. The fourth-order valence-corrected chi connectivity index (χ4v) is 3.88. The molecule has 1 saturated carbocycles. The SMILES string of the molecule is O=C1[C@@H]2C3C=CC(C3)[C@@H]2C(=O)N1c1ccc([N+](=O)[O-])cc1. The van der Waals surface area contributed by atoms with E-state index in [1.807, 2.05) is 12.2 Å². The minimum absolute atomic E-state index is 0.0558. The molecule has 6 heteroatoms. The number of carbonyl (C=O) groups is 2. The van der Waals surface area contributed by atoms with Gasteiger partial charge in [0.2, 0.25) is 11.8 Å². The number of nitro groups is 1. The minimum Gasteiger partial charge on any atom is -0.274 e. The van der Waals surface area contributed by atoms with Gasteiger partial charge in [0, 0.05) is 12.1 Å². The summed E-state index contributed by atoms with van der Waals surface area (Å²) in [5.41, 5.74) is 0.365. The third-order valence-corrected chi connectivity index (χ3v) is 4.79. The Labute approximate surface area is 120 Å². The van der Waals surface area contributed by atoms with E-state index in [2.05, 4.69) is 0 Å². The number of imide groups is 1. The maximum atomic E-state index is 12.5. The molecule has 4 atom stereocenters. The van der Waals surface area contributed by atoms with E-state index in [1.165, 1.54) is 29.2 Å². The lowest BCUT2D eigenvalue weighted by Crippen LogP contribution is -2.32. The van der Waals surface area contributed by atoms with Crippen LogP contribution in [-0.2, 0) is 9.59 Å². The van der Waals surface area contributed by atoms with Gasteiger partial charge in [-0.05, 0) is 30.4 Å². The first-order chi connectivity index (χ1) is 10.1. The van der Waals surface area contributed by atoms with E-state index >= 15 is 0 Å². The molecule has 2 aliphatic carbocycles. The van der Waals surface area contributed by atoms with Crippen LogP contribution in [0.1, 0.15) is 6.42 Å². The molecule has 2 amide bonds. The van der Waals surface area contributed by atoms with Gasteiger partial charge in [-0.15, -0.1) is 0 Å². The fourth-order valence-electron chi connectivity index (χ4n) is 3.88. The van der Waals surface area contributed by atoms with Crippen molar-refractivity contribution in [3.05, 3.63) is 46.5 Å². The number of nitrogens with zero attached hydrogens (tertiary/aromatic N) is 2. The Morgan fingerprint density at radius 3 is 2.00 bits per heavy atom. The van der Waals surface area contributed by atoms with Gasteiger partial charge in [-0.25, -0.2) is 0 Å². The molecule has 1 aliphatic heterocycles. The molecule has 6 nitrogen and oxygen atoms in total. The topological polar surface area (TPSA) is 80.5 Å². The molecule has 3 aliphatic rings. The highest BCUT2D eigenvalue weighted by Gasteiger charge is 2.59. The monoisotopic (exact) mass is 284 g/mol. The molecule has 2 unspecified atom stereocenters. The normalized spacial score (nSPS) is 32.9. The summed E-state index contributed by atoms with van der Waals surface area (Å²) < 4.78 is 0. The molecule has 2 bridgehead atoms. The molecule has 4 rings (SSSR count). The number of allylic oxidation sites excluding steroid dienone is 2. The van der Waals surface area contributed by atoms with Crippen molar-refractivity contribution < 1.29 is 14.5 Å². The molecule has 0 radical (unpaired) electrons. The van der Waals surface area contributed by atoms with E-state index < -0.39 is 4.92 Å². The number of anilines is 1. The van der Waals surface area contributed by atoms with Gasteiger partial charge in [-0.1, -0.05) is 12.2 Å². The van der Waals surface area contributed by atoms with Crippen LogP contribution in [0.5, 0.6) is 0 Å². The van der Waals surface area contributed by atoms with Crippen molar-refractivity contribution in [3.8, 4) is 0 Å². The highest BCUT2D eigenvalue weighted by Crippen LogP contribution is 2.53. The molecular formula is C15H12N2O4. The molecular weight excluding hydrogens is 272 g/mol. The first-order valence-corrected chi connectivity index (χ1v) is 6.88. The summed E-state index contributed by atoms with van der Waals surface area (Å²) in [4.78, 5) is 36.4. The standard InChI is InChI=1S/C15H12N2O4/c18-14-12-8-1-2-9(7-8)13(12)15(19)16(14)10-3-5-11(6-4-10)17(20)21/h1-6,8-9,12-13H,7H2/t8?,9?,12-,13+. The second-order valence-corrected chi connectivity index (χ2v) is 5.79. The number of amides is 2. The lowest BCUT2D eigenvalue weighted by atomic mass is 9.85. The molecule has 0 aromatic heterocycles. The molecule has 0 N–H and O–H groups in total. The smallest absolute Gasteiger partial charge is 0.269 e. The lowest BCUT2D eigenvalue weighted by molar-refractivity contribution is -0.384. The Balaban J connectivity index is 1.69. The Kier molecular flexibility index (Phi) is 2.34.